The van der Waals surface area contributed by atoms with Gasteiger partial charge >= 0.3 is 0 Å². The molecule has 0 radical (unpaired) electrons. The predicted molar refractivity (Wildman–Crippen MR) is 134 cm³/mol. The van der Waals surface area contributed by atoms with Gasteiger partial charge in [0.25, 0.3) is 0 Å². The largest absolute Gasteiger partial charge is 0.340 e. The molecule has 3 aliphatic rings. The number of hydrogen-bond donors (Lipinski definition) is 0. The summed E-state index contributed by atoms with van der Waals surface area (Å²) in [5.41, 5.74) is 3.17. The van der Waals surface area contributed by atoms with E-state index in [0.29, 0.717) is 26.1 Å². The third-order valence-corrected chi connectivity index (χ3v) is 9.68. The van der Waals surface area contributed by atoms with Crippen LogP contribution in [0, 0.1) is 18.8 Å². The molecule has 0 N–H and O–H groups in total. The van der Waals surface area contributed by atoms with Gasteiger partial charge in [-0.05, 0) is 49.9 Å². The van der Waals surface area contributed by atoms with Crippen LogP contribution < -0.4 is 4.90 Å². The lowest BCUT2D eigenvalue weighted by molar-refractivity contribution is -0.143. The average Bonchev–Trinajstić information content (AvgIpc) is 3.32. The number of carbonyl (C=O) groups is 2. The Balaban J connectivity index is 1.26. The Morgan fingerprint density at radius 1 is 0.800 bits per heavy atom. The zero-order chi connectivity index (χ0) is 24.6. The molecule has 8 heteroatoms. The molecule has 35 heavy (non-hydrogen) atoms. The van der Waals surface area contributed by atoms with Crippen LogP contribution in [0.2, 0.25) is 0 Å². The van der Waals surface area contributed by atoms with Gasteiger partial charge in [0, 0.05) is 44.3 Å². The number of para-hydroxylation sites is 1. The number of nitrogens with zero attached hydrogens (tertiary/aromatic N) is 3. The van der Waals surface area contributed by atoms with Crippen LogP contribution in [0.1, 0.15) is 36.8 Å². The molecule has 2 heterocycles. The van der Waals surface area contributed by atoms with Crippen LogP contribution in [-0.2, 0) is 26.0 Å². The third-order valence-electron chi connectivity index (χ3n) is 7.76. The van der Waals surface area contributed by atoms with E-state index in [0.717, 1.165) is 36.9 Å². The zero-order valence-corrected chi connectivity index (χ0v) is 21.0. The highest BCUT2D eigenvalue weighted by Gasteiger charge is 2.42. The normalized spacial score (nSPS) is 23.2. The Kier molecular flexibility index (Phi) is 6.68. The Labute approximate surface area is 207 Å². The van der Waals surface area contributed by atoms with E-state index in [1.54, 1.807) is 29.2 Å². The van der Waals surface area contributed by atoms with Crippen LogP contribution in [0.25, 0.3) is 0 Å². The van der Waals surface area contributed by atoms with Gasteiger partial charge in [0.1, 0.15) is 0 Å². The highest BCUT2D eigenvalue weighted by Crippen LogP contribution is 2.37. The molecule has 5 rings (SSSR count). The van der Waals surface area contributed by atoms with Crippen LogP contribution in [0.3, 0.4) is 0 Å². The van der Waals surface area contributed by atoms with Crippen LogP contribution in [0.4, 0.5) is 5.69 Å². The Bertz CT molecular complexity index is 1200. The van der Waals surface area contributed by atoms with Crippen molar-refractivity contribution in [1.29, 1.82) is 0 Å². The topological polar surface area (TPSA) is 78.0 Å². The SMILES string of the molecule is Cc1ccc(S(=O)(=O)N2CCN(C(=O)C3CCCCC3C(=O)N3CCc4ccccc43)CC2)cc1. The second kappa shape index (κ2) is 9.74. The first kappa shape index (κ1) is 24.0. The van der Waals surface area contributed by atoms with Gasteiger partial charge in [0.05, 0.1) is 10.8 Å². The minimum atomic E-state index is -3.58. The molecular formula is C27H33N3O4S. The molecule has 1 saturated heterocycles. The molecule has 2 fully saturated rings. The molecule has 2 aromatic rings. The standard InChI is InChI=1S/C27H33N3O4S/c1-20-10-12-22(13-11-20)35(33,34)29-18-16-28(17-19-29)26(31)23-7-3-4-8-24(23)27(32)30-15-14-21-6-2-5-9-25(21)30/h2,5-6,9-13,23-24H,3-4,7-8,14-19H2,1H3. The van der Waals surface area contributed by atoms with Crippen molar-refractivity contribution in [3.63, 3.8) is 0 Å². The first-order valence-electron chi connectivity index (χ1n) is 12.6. The van der Waals surface area contributed by atoms with Crippen molar-refractivity contribution in [2.45, 2.75) is 43.9 Å². The summed E-state index contributed by atoms with van der Waals surface area (Å²) < 4.78 is 27.5. The number of aryl methyl sites for hydroxylation is 1. The van der Waals surface area contributed by atoms with E-state index < -0.39 is 10.0 Å². The molecular weight excluding hydrogens is 462 g/mol. The van der Waals surface area contributed by atoms with E-state index in [2.05, 4.69) is 6.07 Å². The van der Waals surface area contributed by atoms with Gasteiger partial charge in [-0.15, -0.1) is 0 Å². The maximum Gasteiger partial charge on any atom is 0.243 e. The molecule has 2 amide bonds. The fourth-order valence-corrected chi connectivity index (χ4v) is 7.15. The molecule has 2 atom stereocenters. The number of anilines is 1. The summed E-state index contributed by atoms with van der Waals surface area (Å²) in [4.78, 5) is 31.1. The van der Waals surface area contributed by atoms with Crippen molar-refractivity contribution in [1.82, 2.24) is 9.21 Å². The fraction of sp³-hybridized carbons (Fsp3) is 0.481. The molecule has 1 saturated carbocycles. The number of fused-ring (bicyclic) bond motifs is 1. The highest BCUT2D eigenvalue weighted by atomic mass is 32.2. The fourth-order valence-electron chi connectivity index (χ4n) is 5.73. The zero-order valence-electron chi connectivity index (χ0n) is 20.2. The minimum Gasteiger partial charge on any atom is -0.340 e. The lowest BCUT2D eigenvalue weighted by Gasteiger charge is -2.39. The van der Waals surface area contributed by atoms with Gasteiger partial charge in [0.15, 0.2) is 0 Å². The van der Waals surface area contributed by atoms with Gasteiger partial charge < -0.3 is 9.80 Å². The van der Waals surface area contributed by atoms with E-state index in [1.165, 1.54) is 9.87 Å². The molecule has 186 valence electrons. The molecule has 0 bridgehead atoms. The number of piperazine rings is 1. The summed E-state index contributed by atoms with van der Waals surface area (Å²) in [7, 11) is -3.58. The van der Waals surface area contributed by atoms with Gasteiger partial charge in [-0.25, -0.2) is 8.42 Å². The smallest absolute Gasteiger partial charge is 0.243 e. The van der Waals surface area contributed by atoms with Crippen molar-refractivity contribution in [3.8, 4) is 0 Å². The molecule has 0 spiro atoms. The maximum atomic E-state index is 13.6. The number of carbonyl (C=O) groups excluding carboxylic acids is 2. The first-order valence-corrected chi connectivity index (χ1v) is 14.0. The summed E-state index contributed by atoms with van der Waals surface area (Å²) >= 11 is 0. The van der Waals surface area contributed by atoms with E-state index in [1.807, 2.05) is 30.0 Å². The highest BCUT2D eigenvalue weighted by molar-refractivity contribution is 7.89. The molecule has 1 aliphatic carbocycles. The molecule has 2 unspecified atom stereocenters. The Hall–Kier alpha value is -2.71. The second-order valence-electron chi connectivity index (χ2n) is 9.91. The second-order valence-corrected chi connectivity index (χ2v) is 11.8. The van der Waals surface area contributed by atoms with Gasteiger partial charge in [-0.3, -0.25) is 9.59 Å². The average molecular weight is 496 g/mol. The number of hydrogen-bond acceptors (Lipinski definition) is 4. The van der Waals surface area contributed by atoms with E-state index in [-0.39, 0.29) is 41.6 Å². The number of rotatable bonds is 4. The van der Waals surface area contributed by atoms with Gasteiger partial charge in [-0.2, -0.15) is 4.31 Å². The predicted octanol–water partition coefficient (Wildman–Crippen LogP) is 3.22. The van der Waals surface area contributed by atoms with E-state index >= 15 is 0 Å². The summed E-state index contributed by atoms with van der Waals surface area (Å²) in [5.74, 6) is -0.572. The van der Waals surface area contributed by atoms with Crippen LogP contribution >= 0.6 is 0 Å². The monoisotopic (exact) mass is 495 g/mol. The Morgan fingerprint density at radius 2 is 1.43 bits per heavy atom. The molecule has 2 aromatic carbocycles. The van der Waals surface area contributed by atoms with E-state index in [9.17, 15) is 18.0 Å². The van der Waals surface area contributed by atoms with Crippen LogP contribution in [0.15, 0.2) is 53.4 Å². The lowest BCUT2D eigenvalue weighted by atomic mass is 9.77. The maximum absolute atomic E-state index is 13.6. The summed E-state index contributed by atoms with van der Waals surface area (Å²) in [6.45, 7) is 3.85. The minimum absolute atomic E-state index is 0.00270. The quantitative estimate of drug-likeness (QED) is 0.653. The van der Waals surface area contributed by atoms with Crippen molar-refractivity contribution >= 4 is 27.5 Å². The summed E-state index contributed by atoms with van der Waals surface area (Å²) in [6.07, 6.45) is 4.20. The third kappa shape index (κ3) is 4.61. The molecule has 0 aromatic heterocycles. The summed E-state index contributed by atoms with van der Waals surface area (Å²) in [6, 6.07) is 14.9. The molecule has 7 nitrogen and oxygen atoms in total. The van der Waals surface area contributed by atoms with Gasteiger partial charge in [0.2, 0.25) is 21.8 Å². The Morgan fingerprint density at radius 3 is 2.11 bits per heavy atom. The number of sulfonamides is 1. The van der Waals surface area contributed by atoms with Crippen molar-refractivity contribution in [2.24, 2.45) is 11.8 Å². The lowest BCUT2D eigenvalue weighted by Crippen LogP contribution is -2.54. The van der Waals surface area contributed by atoms with Crippen molar-refractivity contribution in [3.05, 3.63) is 59.7 Å². The van der Waals surface area contributed by atoms with Crippen LogP contribution in [-0.4, -0.2) is 62.2 Å². The number of amides is 2. The first-order chi connectivity index (χ1) is 16.9. The van der Waals surface area contributed by atoms with Gasteiger partial charge in [-0.1, -0.05) is 48.7 Å². The van der Waals surface area contributed by atoms with Crippen molar-refractivity contribution in [2.75, 3.05) is 37.6 Å². The summed E-state index contributed by atoms with van der Waals surface area (Å²) in [5, 5.41) is 0. The van der Waals surface area contributed by atoms with E-state index in [4.69, 9.17) is 0 Å². The molecule has 2 aliphatic heterocycles. The van der Waals surface area contributed by atoms with Crippen LogP contribution in [0.5, 0.6) is 0 Å². The number of benzene rings is 2. The van der Waals surface area contributed by atoms with Crippen molar-refractivity contribution < 1.29 is 18.0 Å².